The summed E-state index contributed by atoms with van der Waals surface area (Å²) in [5.74, 6) is 2.32. The monoisotopic (exact) mass is 368 g/mol. The molecule has 0 amide bonds. The number of fused-ring (bicyclic) bond motifs is 6. The van der Waals surface area contributed by atoms with Crippen molar-refractivity contribution in [2.45, 2.75) is 31.2 Å². The van der Waals surface area contributed by atoms with Crippen molar-refractivity contribution in [2.75, 3.05) is 13.7 Å². The van der Waals surface area contributed by atoms with Crippen molar-refractivity contribution in [3.63, 3.8) is 0 Å². The fraction of sp³-hybridized carbons (Fsp3) is 0.333. The molecular formula is C21H20O6. The van der Waals surface area contributed by atoms with Crippen LogP contribution < -0.4 is 14.2 Å². The van der Waals surface area contributed by atoms with E-state index in [1.165, 1.54) is 0 Å². The Morgan fingerprint density at radius 3 is 2.70 bits per heavy atom. The van der Waals surface area contributed by atoms with Crippen LogP contribution in [0.15, 0.2) is 40.8 Å². The number of hydrogen-bond donors (Lipinski definition) is 2. The summed E-state index contributed by atoms with van der Waals surface area (Å²) in [5.41, 5.74) is -0.311. The highest BCUT2D eigenvalue weighted by molar-refractivity contribution is 5.81. The van der Waals surface area contributed by atoms with Crippen LogP contribution in [0, 0.1) is 0 Å². The van der Waals surface area contributed by atoms with Crippen molar-refractivity contribution in [2.24, 2.45) is 0 Å². The Bertz CT molecular complexity index is 1060. The molecule has 2 aliphatic heterocycles. The largest absolute Gasteiger partial charge is 0.497 e. The van der Waals surface area contributed by atoms with Gasteiger partial charge in [-0.05, 0) is 38.1 Å². The maximum Gasteiger partial charge on any atom is 0.168 e. The first-order chi connectivity index (χ1) is 12.8. The summed E-state index contributed by atoms with van der Waals surface area (Å²) in [6.45, 7) is 3.42. The third kappa shape index (κ3) is 2.27. The molecular weight excluding hydrogens is 348 g/mol. The van der Waals surface area contributed by atoms with E-state index in [2.05, 4.69) is 0 Å². The summed E-state index contributed by atoms with van der Waals surface area (Å²) in [4.78, 5) is 0. The number of furan rings is 1. The predicted octanol–water partition coefficient (Wildman–Crippen LogP) is 3.38. The van der Waals surface area contributed by atoms with Gasteiger partial charge in [0.15, 0.2) is 11.7 Å². The van der Waals surface area contributed by atoms with E-state index in [9.17, 15) is 10.2 Å². The highest BCUT2D eigenvalue weighted by atomic mass is 16.5. The van der Waals surface area contributed by atoms with Gasteiger partial charge in [-0.1, -0.05) is 0 Å². The Hall–Kier alpha value is -2.70. The van der Waals surface area contributed by atoms with Crippen molar-refractivity contribution in [3.8, 4) is 17.2 Å². The lowest BCUT2D eigenvalue weighted by atomic mass is 9.84. The quantitative estimate of drug-likeness (QED) is 0.722. The first kappa shape index (κ1) is 16.5. The van der Waals surface area contributed by atoms with Gasteiger partial charge in [0.05, 0.1) is 7.11 Å². The van der Waals surface area contributed by atoms with Crippen LogP contribution in [-0.2, 0) is 11.2 Å². The summed E-state index contributed by atoms with van der Waals surface area (Å²) in [5, 5.41) is 22.4. The zero-order valence-corrected chi connectivity index (χ0v) is 15.3. The lowest BCUT2D eigenvalue weighted by molar-refractivity contribution is -0.0862. The van der Waals surface area contributed by atoms with Crippen LogP contribution in [0.5, 0.6) is 17.2 Å². The van der Waals surface area contributed by atoms with Gasteiger partial charge in [-0.15, -0.1) is 0 Å². The maximum atomic E-state index is 11.3. The Morgan fingerprint density at radius 2 is 1.96 bits per heavy atom. The first-order valence-electron chi connectivity index (χ1n) is 8.80. The molecule has 2 N–H and O–H groups in total. The van der Waals surface area contributed by atoms with Crippen LogP contribution in [0.1, 0.15) is 36.8 Å². The molecule has 0 saturated heterocycles. The van der Waals surface area contributed by atoms with Gasteiger partial charge in [0.25, 0.3) is 0 Å². The molecule has 3 heterocycles. The minimum atomic E-state index is -1.27. The average Bonchev–Trinajstić information content (AvgIpc) is 3.18. The summed E-state index contributed by atoms with van der Waals surface area (Å²) in [6.07, 6.45) is -0.590. The molecule has 2 aromatic carbocycles. The van der Waals surface area contributed by atoms with Crippen molar-refractivity contribution < 1.29 is 28.8 Å². The van der Waals surface area contributed by atoms with Gasteiger partial charge >= 0.3 is 0 Å². The lowest BCUT2D eigenvalue weighted by Gasteiger charge is -2.34. The third-order valence-corrected chi connectivity index (χ3v) is 5.32. The SMILES string of the molecule is COc1ccc2c(c1)OC1c3cc4cc(C(C)(C)O)oc4cc3OCC21O. The molecule has 6 nitrogen and oxygen atoms in total. The van der Waals surface area contributed by atoms with Gasteiger partial charge in [0.1, 0.15) is 40.8 Å². The van der Waals surface area contributed by atoms with E-state index in [-0.39, 0.29) is 6.61 Å². The van der Waals surface area contributed by atoms with Crippen molar-refractivity contribution in [1.82, 2.24) is 0 Å². The molecule has 3 aromatic rings. The van der Waals surface area contributed by atoms with Crippen LogP contribution >= 0.6 is 0 Å². The number of benzene rings is 2. The van der Waals surface area contributed by atoms with Gasteiger partial charge in [-0.3, -0.25) is 0 Å². The average molecular weight is 368 g/mol. The Labute approximate surface area is 155 Å². The van der Waals surface area contributed by atoms with Gasteiger partial charge in [0, 0.05) is 28.6 Å². The van der Waals surface area contributed by atoms with Gasteiger partial charge < -0.3 is 28.8 Å². The molecule has 2 atom stereocenters. The van der Waals surface area contributed by atoms with Gasteiger partial charge in [-0.2, -0.15) is 0 Å². The topological polar surface area (TPSA) is 81.3 Å². The van der Waals surface area contributed by atoms with Crippen molar-refractivity contribution in [3.05, 3.63) is 53.3 Å². The standard InChI is InChI=1S/C21H20O6/c1-20(2,22)18-7-11-6-13-16(9-15(11)26-18)25-10-21(23)14-5-4-12(24-3)8-17(14)27-19(13)21/h4-9,19,22-23H,10H2,1-3H3. The predicted molar refractivity (Wildman–Crippen MR) is 97.2 cm³/mol. The second-order valence-corrected chi connectivity index (χ2v) is 7.67. The smallest absolute Gasteiger partial charge is 0.168 e. The maximum absolute atomic E-state index is 11.3. The number of rotatable bonds is 2. The summed E-state index contributed by atoms with van der Waals surface area (Å²) in [6, 6.07) is 10.9. The van der Waals surface area contributed by atoms with E-state index in [0.717, 1.165) is 10.9 Å². The van der Waals surface area contributed by atoms with E-state index >= 15 is 0 Å². The second kappa shape index (κ2) is 5.18. The van der Waals surface area contributed by atoms with Crippen LogP contribution in [0.2, 0.25) is 0 Å². The number of ether oxygens (including phenoxy) is 3. The molecule has 6 heteroatoms. The zero-order valence-electron chi connectivity index (χ0n) is 15.3. The van der Waals surface area contributed by atoms with E-state index < -0.39 is 17.3 Å². The van der Waals surface area contributed by atoms with E-state index in [1.807, 2.05) is 12.1 Å². The third-order valence-electron chi connectivity index (χ3n) is 5.32. The molecule has 0 radical (unpaired) electrons. The Balaban J connectivity index is 1.64. The minimum Gasteiger partial charge on any atom is -0.497 e. The van der Waals surface area contributed by atoms with E-state index in [0.29, 0.717) is 34.2 Å². The minimum absolute atomic E-state index is 0.0779. The van der Waals surface area contributed by atoms with Crippen LogP contribution in [-0.4, -0.2) is 23.9 Å². The molecule has 0 bridgehead atoms. The van der Waals surface area contributed by atoms with E-state index in [1.54, 1.807) is 45.2 Å². The zero-order chi connectivity index (χ0) is 19.0. The van der Waals surface area contributed by atoms with Gasteiger partial charge in [0.2, 0.25) is 0 Å². The van der Waals surface area contributed by atoms with Crippen molar-refractivity contribution in [1.29, 1.82) is 0 Å². The molecule has 140 valence electrons. The van der Waals surface area contributed by atoms with Crippen LogP contribution in [0.3, 0.4) is 0 Å². The van der Waals surface area contributed by atoms with E-state index in [4.69, 9.17) is 18.6 Å². The number of aliphatic hydroxyl groups is 2. The molecule has 0 aliphatic carbocycles. The molecule has 0 saturated carbocycles. The molecule has 27 heavy (non-hydrogen) atoms. The summed E-state index contributed by atoms with van der Waals surface area (Å²) in [7, 11) is 1.59. The normalized spacial score (nSPS) is 23.2. The Morgan fingerprint density at radius 1 is 1.15 bits per heavy atom. The summed E-state index contributed by atoms with van der Waals surface area (Å²) >= 11 is 0. The Kier molecular flexibility index (Phi) is 3.16. The highest BCUT2D eigenvalue weighted by Gasteiger charge is 2.53. The lowest BCUT2D eigenvalue weighted by Crippen LogP contribution is -2.41. The number of methoxy groups -OCH3 is 1. The van der Waals surface area contributed by atoms with Crippen LogP contribution in [0.25, 0.3) is 11.0 Å². The number of hydrogen-bond acceptors (Lipinski definition) is 6. The molecule has 0 fully saturated rings. The first-order valence-corrected chi connectivity index (χ1v) is 8.80. The molecule has 0 spiro atoms. The second-order valence-electron chi connectivity index (χ2n) is 7.67. The molecule has 1 aromatic heterocycles. The van der Waals surface area contributed by atoms with Gasteiger partial charge in [-0.25, -0.2) is 0 Å². The molecule has 2 unspecified atom stereocenters. The van der Waals surface area contributed by atoms with Crippen LogP contribution in [0.4, 0.5) is 0 Å². The van der Waals surface area contributed by atoms with Crippen molar-refractivity contribution >= 4 is 11.0 Å². The fourth-order valence-electron chi connectivity index (χ4n) is 3.83. The fourth-order valence-corrected chi connectivity index (χ4v) is 3.83. The highest BCUT2D eigenvalue weighted by Crippen LogP contribution is 2.54. The molecule has 5 rings (SSSR count). The molecule has 2 aliphatic rings. The summed E-state index contributed by atoms with van der Waals surface area (Å²) < 4.78 is 23.0.